The molecule has 0 fully saturated rings. The van der Waals surface area contributed by atoms with Crippen LogP contribution >= 0.6 is 0 Å². The highest BCUT2D eigenvalue weighted by atomic mass is 19.1. The number of rotatable bonds is 6. The minimum Gasteiger partial charge on any atom is -0.497 e. The lowest BCUT2D eigenvalue weighted by Crippen LogP contribution is -2.49. The number of methoxy groups -OCH3 is 2. The summed E-state index contributed by atoms with van der Waals surface area (Å²) in [5.74, 6) is 0.894. The van der Waals surface area contributed by atoms with E-state index in [2.05, 4.69) is 48.5 Å². The van der Waals surface area contributed by atoms with Gasteiger partial charge < -0.3 is 9.47 Å². The fraction of sp³-hybridized carbons (Fsp3) is 0.150. The second kappa shape index (κ2) is 9.78. The molecule has 8 rings (SSSR count). The van der Waals surface area contributed by atoms with Crippen LogP contribution in [-0.2, 0) is 23.7 Å². The van der Waals surface area contributed by atoms with Crippen LogP contribution < -0.4 is 9.47 Å². The summed E-state index contributed by atoms with van der Waals surface area (Å²) in [5.41, 5.74) is 7.15. The zero-order valence-electron chi connectivity index (χ0n) is 24.5. The molecule has 0 unspecified atom stereocenters. The van der Waals surface area contributed by atoms with E-state index in [1.807, 2.05) is 48.5 Å². The maximum Gasteiger partial charge on any atom is 0.123 e. The second-order valence-corrected chi connectivity index (χ2v) is 11.8. The zero-order valence-corrected chi connectivity index (χ0v) is 24.5. The molecule has 0 aliphatic heterocycles. The predicted octanol–water partition coefficient (Wildman–Crippen LogP) is 8.92. The molecule has 216 valence electrons. The van der Waals surface area contributed by atoms with Crippen LogP contribution in [0, 0.1) is 11.6 Å². The van der Waals surface area contributed by atoms with Crippen LogP contribution in [0.3, 0.4) is 0 Å². The Hall–Kier alpha value is -4.96. The lowest BCUT2D eigenvalue weighted by molar-refractivity contribution is 0.410. The molecule has 0 N–H and O–H groups in total. The van der Waals surface area contributed by atoms with Gasteiger partial charge in [0.15, 0.2) is 0 Å². The van der Waals surface area contributed by atoms with E-state index in [4.69, 9.17) is 9.47 Å². The molecular formula is C40H30F2O2. The van der Waals surface area contributed by atoms with Crippen LogP contribution in [0.5, 0.6) is 11.5 Å². The molecule has 0 amide bonds. The first-order valence-corrected chi connectivity index (χ1v) is 14.9. The number of halogens is 2. The third-order valence-electron chi connectivity index (χ3n) is 9.97. The van der Waals surface area contributed by atoms with Crippen LogP contribution in [-0.4, -0.2) is 14.2 Å². The molecule has 6 aromatic rings. The van der Waals surface area contributed by atoms with E-state index in [-0.39, 0.29) is 11.6 Å². The largest absolute Gasteiger partial charge is 0.497 e. The standard InChI is InChI=1S/C40H30F2O2/c1-43-33-19-11-29(12-20-33)40(30-13-21-34(44-2)22-14-30)36-24-6-26-4-3-25-5-23-35(38(36)37(25)26)39(40,27-7-15-31(41)16-8-27)28-9-17-32(42)18-10-28/h5-24H,3-4H2,1-2H3. The third-order valence-corrected chi connectivity index (χ3v) is 9.97. The van der Waals surface area contributed by atoms with Gasteiger partial charge >= 0.3 is 0 Å². The highest BCUT2D eigenvalue weighted by Crippen LogP contribution is 2.67. The fourth-order valence-electron chi connectivity index (χ4n) is 8.26. The number of ether oxygens (including phenoxy) is 2. The summed E-state index contributed by atoms with van der Waals surface area (Å²) >= 11 is 0. The van der Waals surface area contributed by atoms with Crippen molar-refractivity contribution in [1.29, 1.82) is 0 Å². The lowest BCUT2D eigenvalue weighted by atomic mass is 9.50. The summed E-state index contributed by atoms with van der Waals surface area (Å²) in [7, 11) is 3.33. The molecule has 44 heavy (non-hydrogen) atoms. The van der Waals surface area contributed by atoms with Gasteiger partial charge in [0.05, 0.1) is 25.0 Å². The van der Waals surface area contributed by atoms with Crippen LogP contribution in [0.1, 0.15) is 44.5 Å². The van der Waals surface area contributed by atoms with Crippen LogP contribution in [0.4, 0.5) is 8.78 Å². The highest BCUT2D eigenvalue weighted by Gasteiger charge is 2.62. The van der Waals surface area contributed by atoms with Gasteiger partial charge in [0.2, 0.25) is 0 Å². The molecule has 0 saturated carbocycles. The maximum absolute atomic E-state index is 14.7. The topological polar surface area (TPSA) is 18.5 Å². The van der Waals surface area contributed by atoms with Crippen molar-refractivity contribution in [2.75, 3.05) is 14.2 Å². The highest BCUT2D eigenvalue weighted by molar-refractivity contribution is 6.03. The summed E-state index contributed by atoms with van der Waals surface area (Å²) < 4.78 is 40.6. The average molecular weight is 581 g/mol. The Balaban J connectivity index is 1.64. The van der Waals surface area contributed by atoms with Crippen LogP contribution in [0.2, 0.25) is 0 Å². The van der Waals surface area contributed by atoms with Gasteiger partial charge in [-0.2, -0.15) is 0 Å². The molecule has 0 spiro atoms. The minimum absolute atomic E-state index is 0.307. The third kappa shape index (κ3) is 3.40. The van der Waals surface area contributed by atoms with Gasteiger partial charge in [-0.1, -0.05) is 72.8 Å². The number of aryl methyl sites for hydroxylation is 2. The Morgan fingerprint density at radius 1 is 0.432 bits per heavy atom. The van der Waals surface area contributed by atoms with E-state index in [0.29, 0.717) is 0 Å². The van der Waals surface area contributed by atoms with Crippen molar-refractivity contribution in [2.24, 2.45) is 0 Å². The molecule has 4 heteroatoms. The summed E-state index contributed by atoms with van der Waals surface area (Å²) in [6.45, 7) is 0. The monoisotopic (exact) mass is 580 g/mol. The predicted molar refractivity (Wildman–Crippen MR) is 170 cm³/mol. The lowest BCUT2D eigenvalue weighted by Gasteiger charge is -2.49. The maximum atomic E-state index is 14.7. The minimum atomic E-state index is -0.903. The molecule has 0 radical (unpaired) electrons. The molecule has 2 aliphatic rings. The van der Waals surface area contributed by atoms with Crippen LogP contribution in [0.15, 0.2) is 121 Å². The molecule has 0 heterocycles. The first kappa shape index (κ1) is 26.7. The van der Waals surface area contributed by atoms with E-state index < -0.39 is 10.8 Å². The van der Waals surface area contributed by atoms with Crippen molar-refractivity contribution in [2.45, 2.75) is 23.7 Å². The Morgan fingerprint density at radius 3 is 1.11 bits per heavy atom. The Morgan fingerprint density at radius 2 is 0.773 bits per heavy atom. The summed E-state index contributed by atoms with van der Waals surface area (Å²) in [4.78, 5) is 0. The molecule has 2 aliphatic carbocycles. The van der Waals surface area contributed by atoms with Gasteiger partial charge in [-0.3, -0.25) is 0 Å². The summed E-state index contributed by atoms with van der Waals surface area (Å²) in [5, 5.41) is 2.52. The van der Waals surface area contributed by atoms with E-state index in [9.17, 15) is 8.78 Å². The molecule has 6 aromatic carbocycles. The molecular weight excluding hydrogens is 550 g/mol. The second-order valence-electron chi connectivity index (χ2n) is 11.8. The average Bonchev–Trinajstić information content (AvgIpc) is 3.61. The SMILES string of the molecule is COc1ccc(C2(c3ccc(OC)cc3)c3ccc4c5c(ccc(c35)C2(c2ccc(F)cc2)c2ccc(F)cc2)CC4)cc1. The zero-order chi connectivity index (χ0) is 30.1. The van der Waals surface area contributed by atoms with Crippen molar-refractivity contribution in [3.63, 3.8) is 0 Å². The van der Waals surface area contributed by atoms with Crippen molar-refractivity contribution in [3.05, 3.63) is 177 Å². The van der Waals surface area contributed by atoms with Crippen molar-refractivity contribution < 1.29 is 18.3 Å². The van der Waals surface area contributed by atoms with Crippen molar-refractivity contribution >= 4 is 10.8 Å². The molecule has 0 bridgehead atoms. The number of hydrogen-bond acceptors (Lipinski definition) is 2. The molecule has 0 aromatic heterocycles. The first-order chi connectivity index (χ1) is 21.5. The van der Waals surface area contributed by atoms with Crippen molar-refractivity contribution in [3.8, 4) is 11.5 Å². The summed E-state index contributed by atoms with van der Waals surface area (Å²) in [6.07, 6.45) is 1.99. The van der Waals surface area contributed by atoms with Crippen molar-refractivity contribution in [1.82, 2.24) is 0 Å². The van der Waals surface area contributed by atoms with E-state index in [1.165, 1.54) is 51.7 Å². The Kier molecular flexibility index (Phi) is 5.93. The summed E-state index contributed by atoms with van der Waals surface area (Å²) in [6, 6.07) is 39.4. The quantitative estimate of drug-likeness (QED) is 0.196. The molecule has 0 saturated heterocycles. The van der Waals surface area contributed by atoms with E-state index in [1.54, 1.807) is 14.2 Å². The first-order valence-electron chi connectivity index (χ1n) is 14.9. The fourth-order valence-corrected chi connectivity index (χ4v) is 8.26. The molecule has 0 atom stereocenters. The van der Waals surface area contributed by atoms with Gasteiger partial charge in [-0.25, -0.2) is 8.78 Å². The van der Waals surface area contributed by atoms with Gasteiger partial charge in [0.25, 0.3) is 0 Å². The van der Waals surface area contributed by atoms with Gasteiger partial charge in [0, 0.05) is 0 Å². The van der Waals surface area contributed by atoms with E-state index in [0.717, 1.165) is 52.2 Å². The number of hydrogen-bond donors (Lipinski definition) is 0. The van der Waals surface area contributed by atoms with Crippen LogP contribution in [0.25, 0.3) is 10.8 Å². The normalized spacial score (nSPS) is 15.5. The van der Waals surface area contributed by atoms with Gasteiger partial charge in [-0.05, 0) is 117 Å². The smallest absolute Gasteiger partial charge is 0.123 e. The van der Waals surface area contributed by atoms with Gasteiger partial charge in [0.1, 0.15) is 23.1 Å². The molecule has 2 nitrogen and oxygen atoms in total. The van der Waals surface area contributed by atoms with E-state index >= 15 is 0 Å². The Labute approximate surface area is 255 Å². The van der Waals surface area contributed by atoms with Gasteiger partial charge in [-0.15, -0.1) is 0 Å². The number of benzene rings is 6. The Bertz CT molecular complexity index is 1920.